The number of rotatable bonds is 5. The molecule has 2 aliphatic rings. The van der Waals surface area contributed by atoms with Crippen molar-refractivity contribution in [2.45, 2.75) is 58.5 Å². The number of nitrogens with zero attached hydrogens (tertiary/aromatic N) is 1. The number of Topliss-reactive ketones (excluding diaryl/α,β-unsaturated/α-hetero) is 1. The monoisotopic (exact) mass is 373 g/mol. The summed E-state index contributed by atoms with van der Waals surface area (Å²) in [6.45, 7) is 6.21. The molecule has 5 heteroatoms. The van der Waals surface area contributed by atoms with Crippen LogP contribution in [-0.4, -0.2) is 34.7 Å². The number of carbonyl (C=O) groups is 2. The second-order valence-electron chi connectivity index (χ2n) is 6.84. The standard InChI is InChI=1S/C21H27NO3S/c1-5-13-9-16-14(10-20(13)25-4)8-15(6-2)22-12-17(21(24)26-7-3)19(23)11-18(16)22/h9-10,12,15,18H,5-8,11H2,1-4H3. The number of aryl methyl sites for hydroxylation is 1. The van der Waals surface area contributed by atoms with Crippen LogP contribution in [-0.2, 0) is 22.4 Å². The van der Waals surface area contributed by atoms with Gasteiger partial charge in [0, 0.05) is 18.7 Å². The van der Waals surface area contributed by atoms with Crippen LogP contribution in [0.4, 0.5) is 0 Å². The molecule has 0 bridgehead atoms. The van der Waals surface area contributed by atoms with Gasteiger partial charge in [0.2, 0.25) is 5.12 Å². The van der Waals surface area contributed by atoms with E-state index in [1.807, 2.05) is 13.1 Å². The van der Waals surface area contributed by atoms with E-state index in [0.717, 1.165) is 25.0 Å². The van der Waals surface area contributed by atoms with Crippen LogP contribution in [0.5, 0.6) is 5.75 Å². The maximum atomic E-state index is 12.7. The van der Waals surface area contributed by atoms with E-state index in [1.54, 1.807) is 7.11 Å². The molecule has 2 aliphatic heterocycles. The Morgan fingerprint density at radius 1 is 1.27 bits per heavy atom. The highest BCUT2D eigenvalue weighted by Crippen LogP contribution is 2.42. The zero-order chi connectivity index (χ0) is 18.8. The first-order valence-electron chi connectivity index (χ1n) is 9.43. The lowest BCUT2D eigenvalue weighted by Crippen LogP contribution is -2.44. The van der Waals surface area contributed by atoms with E-state index in [4.69, 9.17) is 4.74 Å². The Morgan fingerprint density at radius 2 is 2.04 bits per heavy atom. The molecule has 1 aromatic rings. The first-order chi connectivity index (χ1) is 12.5. The van der Waals surface area contributed by atoms with Crippen LogP contribution in [0.1, 0.15) is 56.3 Å². The van der Waals surface area contributed by atoms with Gasteiger partial charge in [-0.25, -0.2) is 0 Å². The fourth-order valence-corrected chi connectivity index (χ4v) is 4.65. The van der Waals surface area contributed by atoms with E-state index in [0.29, 0.717) is 23.8 Å². The maximum absolute atomic E-state index is 12.7. The SMILES string of the molecule is CCSC(=O)C1=CN2C(CC)Cc3cc(OC)c(CC)cc3C2CC1=O. The zero-order valence-corrected chi connectivity index (χ0v) is 16.8. The molecule has 1 aromatic carbocycles. The van der Waals surface area contributed by atoms with Crippen molar-refractivity contribution in [1.82, 2.24) is 4.90 Å². The lowest BCUT2D eigenvalue weighted by molar-refractivity contribution is -0.120. The third kappa shape index (κ3) is 3.29. The van der Waals surface area contributed by atoms with Gasteiger partial charge in [0.05, 0.1) is 18.7 Å². The molecular formula is C21H27NO3S. The van der Waals surface area contributed by atoms with Gasteiger partial charge < -0.3 is 9.64 Å². The normalized spacial score (nSPS) is 21.8. The number of thioether (sulfide) groups is 1. The summed E-state index contributed by atoms with van der Waals surface area (Å²) in [5, 5.41) is -0.0967. The van der Waals surface area contributed by atoms with Crippen LogP contribution < -0.4 is 4.74 Å². The second-order valence-corrected chi connectivity index (χ2v) is 8.07. The third-order valence-corrected chi connectivity index (χ3v) is 6.21. The van der Waals surface area contributed by atoms with E-state index >= 15 is 0 Å². The van der Waals surface area contributed by atoms with Crippen molar-refractivity contribution in [2.75, 3.05) is 12.9 Å². The highest BCUT2D eigenvalue weighted by atomic mass is 32.2. The van der Waals surface area contributed by atoms with Crippen LogP contribution in [0.3, 0.4) is 0 Å². The summed E-state index contributed by atoms with van der Waals surface area (Å²) in [6, 6.07) is 4.67. The topological polar surface area (TPSA) is 46.6 Å². The maximum Gasteiger partial charge on any atom is 0.224 e. The number of methoxy groups -OCH3 is 1. The lowest BCUT2D eigenvalue weighted by atomic mass is 9.81. The minimum atomic E-state index is -0.0967. The minimum Gasteiger partial charge on any atom is -0.496 e. The molecule has 0 saturated heterocycles. The minimum absolute atomic E-state index is 0.0237. The van der Waals surface area contributed by atoms with Gasteiger partial charge in [-0.2, -0.15) is 0 Å². The summed E-state index contributed by atoms with van der Waals surface area (Å²) in [5.74, 6) is 1.59. The molecule has 0 aliphatic carbocycles. The molecular weight excluding hydrogens is 346 g/mol. The van der Waals surface area contributed by atoms with Crippen LogP contribution in [0.2, 0.25) is 0 Å². The molecule has 0 radical (unpaired) electrons. The first-order valence-corrected chi connectivity index (χ1v) is 10.4. The van der Waals surface area contributed by atoms with Crippen LogP contribution in [0.15, 0.2) is 23.9 Å². The Bertz CT molecular complexity index is 756. The molecule has 0 amide bonds. The van der Waals surface area contributed by atoms with E-state index in [2.05, 4.69) is 30.9 Å². The average Bonchev–Trinajstić information content (AvgIpc) is 2.65. The van der Waals surface area contributed by atoms with Crippen LogP contribution in [0.25, 0.3) is 0 Å². The van der Waals surface area contributed by atoms with Crippen molar-refractivity contribution in [3.63, 3.8) is 0 Å². The van der Waals surface area contributed by atoms with Gasteiger partial charge in [-0.1, -0.05) is 32.5 Å². The quantitative estimate of drug-likeness (QED) is 0.728. The Morgan fingerprint density at radius 3 is 2.65 bits per heavy atom. The molecule has 0 saturated carbocycles. The molecule has 0 spiro atoms. The molecule has 2 unspecified atom stereocenters. The number of ether oxygens (including phenoxy) is 1. The Labute approximate surface area is 160 Å². The zero-order valence-electron chi connectivity index (χ0n) is 16.0. The second kappa shape index (κ2) is 7.87. The van der Waals surface area contributed by atoms with Gasteiger partial charge >= 0.3 is 0 Å². The van der Waals surface area contributed by atoms with Crippen molar-refractivity contribution in [2.24, 2.45) is 0 Å². The summed E-state index contributed by atoms with van der Waals surface area (Å²) < 4.78 is 5.56. The van der Waals surface area contributed by atoms with Crippen molar-refractivity contribution in [3.05, 3.63) is 40.6 Å². The van der Waals surface area contributed by atoms with Gasteiger partial charge in [-0.05, 0) is 53.8 Å². The molecule has 26 heavy (non-hydrogen) atoms. The Kier molecular flexibility index (Phi) is 5.76. The molecule has 2 atom stereocenters. The van der Waals surface area contributed by atoms with Gasteiger partial charge in [-0.3, -0.25) is 9.59 Å². The Hall–Kier alpha value is -1.75. The number of ketones is 1. The largest absolute Gasteiger partial charge is 0.496 e. The predicted octanol–water partition coefficient (Wildman–Crippen LogP) is 4.07. The molecule has 3 rings (SSSR count). The van der Waals surface area contributed by atoms with Crippen LogP contribution >= 0.6 is 11.8 Å². The molecule has 4 nitrogen and oxygen atoms in total. The van der Waals surface area contributed by atoms with Crippen molar-refractivity contribution in [1.29, 1.82) is 0 Å². The molecule has 0 N–H and O–H groups in total. The average molecular weight is 374 g/mol. The van der Waals surface area contributed by atoms with Gasteiger partial charge in [-0.15, -0.1) is 0 Å². The molecule has 0 aromatic heterocycles. The summed E-state index contributed by atoms with van der Waals surface area (Å²) in [5.41, 5.74) is 4.01. The third-order valence-electron chi connectivity index (χ3n) is 5.44. The summed E-state index contributed by atoms with van der Waals surface area (Å²) in [6.07, 6.45) is 4.99. The lowest BCUT2D eigenvalue weighted by Gasteiger charge is -2.45. The summed E-state index contributed by atoms with van der Waals surface area (Å²) >= 11 is 1.22. The molecule has 2 heterocycles. The number of hydrogen-bond donors (Lipinski definition) is 0. The Balaban J connectivity index is 2.06. The summed E-state index contributed by atoms with van der Waals surface area (Å²) in [4.78, 5) is 27.3. The van der Waals surface area contributed by atoms with E-state index < -0.39 is 0 Å². The van der Waals surface area contributed by atoms with Gasteiger partial charge in [0.1, 0.15) is 5.75 Å². The highest BCUT2D eigenvalue weighted by molar-refractivity contribution is 8.14. The van der Waals surface area contributed by atoms with E-state index in [1.165, 1.54) is 28.5 Å². The van der Waals surface area contributed by atoms with E-state index in [9.17, 15) is 9.59 Å². The highest BCUT2D eigenvalue weighted by Gasteiger charge is 2.39. The van der Waals surface area contributed by atoms with Gasteiger partial charge in [0.15, 0.2) is 5.78 Å². The first kappa shape index (κ1) is 19.0. The van der Waals surface area contributed by atoms with Gasteiger partial charge in [0.25, 0.3) is 0 Å². The number of carbonyl (C=O) groups excluding carboxylic acids is 2. The fourth-order valence-electron chi connectivity index (χ4n) is 4.06. The predicted molar refractivity (Wildman–Crippen MR) is 106 cm³/mol. The molecule has 0 fully saturated rings. The van der Waals surface area contributed by atoms with E-state index in [-0.39, 0.29) is 16.9 Å². The number of benzene rings is 1. The van der Waals surface area contributed by atoms with Crippen molar-refractivity contribution < 1.29 is 14.3 Å². The summed E-state index contributed by atoms with van der Waals surface area (Å²) in [7, 11) is 1.71. The molecule has 140 valence electrons. The number of hydrogen-bond acceptors (Lipinski definition) is 5. The fraction of sp³-hybridized carbons (Fsp3) is 0.524. The smallest absolute Gasteiger partial charge is 0.224 e. The van der Waals surface area contributed by atoms with Crippen molar-refractivity contribution >= 4 is 22.7 Å². The van der Waals surface area contributed by atoms with Crippen LogP contribution in [0, 0.1) is 0 Å². The van der Waals surface area contributed by atoms with Crippen molar-refractivity contribution in [3.8, 4) is 5.75 Å². The number of fused-ring (bicyclic) bond motifs is 3.